The Hall–Kier alpha value is -3.86. The second-order valence-electron chi connectivity index (χ2n) is 9.54. The highest BCUT2D eigenvalue weighted by atomic mass is 19.1. The van der Waals surface area contributed by atoms with Crippen molar-refractivity contribution in [3.05, 3.63) is 53.5 Å². The van der Waals surface area contributed by atoms with Gasteiger partial charge in [0.05, 0.1) is 11.7 Å². The number of carbonyl (C=O) groups is 4. The standard InChI is InChI=1S/C26H33FN6O4/c1-14(2)21(31-23(34)15(3)28-4)26(37)33-20(13-16-8-7-11-29-22(16)33)24(35)30-19-10-9-17(12-18(19)27)25(36)32(5)6/h7-12,14-15,20-21,28H,13H2,1-6H3,(H,30,35)(H,31,34). The number of amides is 4. The molecule has 0 aliphatic carbocycles. The van der Waals surface area contributed by atoms with Gasteiger partial charge in [0.25, 0.3) is 11.8 Å². The SMILES string of the molecule is CNC(C)C(=O)NC(C(=O)N1c2ncccc2CC1C(=O)Nc1ccc(C(=O)N(C)C)cc1F)C(C)C. The van der Waals surface area contributed by atoms with Crippen LogP contribution in [0.2, 0.25) is 0 Å². The molecule has 0 fully saturated rings. The Bertz CT molecular complexity index is 1200. The van der Waals surface area contributed by atoms with Crippen LogP contribution in [0.25, 0.3) is 0 Å². The Kier molecular flexibility index (Phi) is 8.59. The van der Waals surface area contributed by atoms with Gasteiger partial charge in [0.15, 0.2) is 0 Å². The van der Waals surface area contributed by atoms with E-state index in [9.17, 15) is 23.6 Å². The van der Waals surface area contributed by atoms with Crippen LogP contribution in [0.1, 0.15) is 36.7 Å². The Labute approximate surface area is 215 Å². The van der Waals surface area contributed by atoms with Crippen molar-refractivity contribution >= 4 is 35.1 Å². The molecular formula is C26H33FN6O4. The van der Waals surface area contributed by atoms with Gasteiger partial charge in [-0.15, -0.1) is 0 Å². The number of halogens is 1. The van der Waals surface area contributed by atoms with E-state index in [-0.39, 0.29) is 35.4 Å². The first-order valence-electron chi connectivity index (χ1n) is 12.0. The Morgan fingerprint density at radius 3 is 2.43 bits per heavy atom. The highest BCUT2D eigenvalue weighted by Gasteiger charge is 2.43. The van der Waals surface area contributed by atoms with Crippen molar-refractivity contribution in [3.63, 3.8) is 0 Å². The quantitative estimate of drug-likeness (QED) is 0.493. The third-order valence-electron chi connectivity index (χ3n) is 6.30. The number of likely N-dealkylation sites (N-methyl/N-ethyl adjacent to an activating group) is 1. The fraction of sp³-hybridized carbons (Fsp3) is 0.423. The largest absolute Gasteiger partial charge is 0.345 e. The number of carbonyl (C=O) groups excluding carboxylic acids is 4. The molecule has 0 saturated heterocycles. The van der Waals surface area contributed by atoms with Crippen molar-refractivity contribution in [2.75, 3.05) is 31.4 Å². The molecule has 37 heavy (non-hydrogen) atoms. The average Bonchev–Trinajstić information content (AvgIpc) is 3.26. The lowest BCUT2D eigenvalue weighted by molar-refractivity contribution is -0.130. The Morgan fingerprint density at radius 1 is 1.14 bits per heavy atom. The van der Waals surface area contributed by atoms with E-state index < -0.39 is 35.8 Å². The number of fused-ring (bicyclic) bond motifs is 1. The predicted octanol–water partition coefficient (Wildman–Crippen LogP) is 1.57. The molecule has 2 aromatic rings. The molecule has 1 aliphatic heterocycles. The van der Waals surface area contributed by atoms with Crippen LogP contribution in [0.3, 0.4) is 0 Å². The van der Waals surface area contributed by atoms with Crippen LogP contribution >= 0.6 is 0 Å². The number of hydrogen-bond acceptors (Lipinski definition) is 6. The average molecular weight is 513 g/mol. The van der Waals surface area contributed by atoms with E-state index in [0.717, 1.165) is 6.07 Å². The number of hydrogen-bond donors (Lipinski definition) is 3. The van der Waals surface area contributed by atoms with Crippen LogP contribution in [0.4, 0.5) is 15.9 Å². The van der Waals surface area contributed by atoms with Gasteiger partial charge in [-0.2, -0.15) is 0 Å². The Balaban J connectivity index is 1.90. The molecule has 2 heterocycles. The summed E-state index contributed by atoms with van der Waals surface area (Å²) in [6.07, 6.45) is 1.69. The van der Waals surface area contributed by atoms with Gasteiger partial charge in [-0.05, 0) is 49.7 Å². The summed E-state index contributed by atoms with van der Waals surface area (Å²) in [4.78, 5) is 58.7. The van der Waals surface area contributed by atoms with Gasteiger partial charge in [0.1, 0.15) is 23.7 Å². The molecule has 0 bridgehead atoms. The lowest BCUT2D eigenvalue weighted by atomic mass is 10.0. The summed E-state index contributed by atoms with van der Waals surface area (Å²) >= 11 is 0. The highest BCUT2D eigenvalue weighted by molar-refractivity contribution is 6.09. The number of benzene rings is 1. The lowest BCUT2D eigenvalue weighted by Crippen LogP contribution is -2.57. The van der Waals surface area contributed by atoms with Crippen LogP contribution < -0.4 is 20.9 Å². The molecule has 10 nitrogen and oxygen atoms in total. The van der Waals surface area contributed by atoms with E-state index in [4.69, 9.17) is 0 Å². The summed E-state index contributed by atoms with van der Waals surface area (Å²) in [6, 6.07) is 4.80. The van der Waals surface area contributed by atoms with Crippen LogP contribution in [-0.2, 0) is 20.8 Å². The second-order valence-corrected chi connectivity index (χ2v) is 9.54. The molecule has 0 saturated carbocycles. The van der Waals surface area contributed by atoms with Crippen molar-refractivity contribution in [1.82, 2.24) is 20.5 Å². The molecule has 0 spiro atoms. The van der Waals surface area contributed by atoms with Crippen LogP contribution in [0.5, 0.6) is 0 Å². The summed E-state index contributed by atoms with van der Waals surface area (Å²) in [5, 5.41) is 8.15. The molecule has 4 amide bonds. The second kappa shape index (κ2) is 11.5. The smallest absolute Gasteiger partial charge is 0.253 e. The highest BCUT2D eigenvalue weighted by Crippen LogP contribution is 2.32. The van der Waals surface area contributed by atoms with Gasteiger partial charge in [0.2, 0.25) is 11.8 Å². The molecular weight excluding hydrogens is 479 g/mol. The molecule has 0 radical (unpaired) electrons. The first-order valence-corrected chi connectivity index (χ1v) is 12.0. The minimum atomic E-state index is -1.01. The number of aromatic nitrogens is 1. The summed E-state index contributed by atoms with van der Waals surface area (Å²) in [6.45, 7) is 5.26. The van der Waals surface area contributed by atoms with E-state index in [2.05, 4.69) is 20.9 Å². The van der Waals surface area contributed by atoms with Gasteiger partial charge in [-0.25, -0.2) is 9.37 Å². The van der Waals surface area contributed by atoms with Crippen molar-refractivity contribution < 1.29 is 23.6 Å². The third-order valence-corrected chi connectivity index (χ3v) is 6.30. The van der Waals surface area contributed by atoms with Crippen molar-refractivity contribution in [2.45, 2.75) is 45.3 Å². The van der Waals surface area contributed by atoms with Gasteiger partial charge >= 0.3 is 0 Å². The third kappa shape index (κ3) is 5.93. The molecule has 198 valence electrons. The maximum absolute atomic E-state index is 14.8. The molecule has 11 heteroatoms. The van der Waals surface area contributed by atoms with E-state index >= 15 is 0 Å². The van der Waals surface area contributed by atoms with Crippen LogP contribution in [0, 0.1) is 11.7 Å². The lowest BCUT2D eigenvalue weighted by Gasteiger charge is -2.31. The van der Waals surface area contributed by atoms with Crippen molar-refractivity contribution in [2.24, 2.45) is 5.92 Å². The minimum absolute atomic E-state index is 0.117. The van der Waals surface area contributed by atoms with E-state index in [1.165, 1.54) is 28.1 Å². The van der Waals surface area contributed by atoms with E-state index in [1.807, 2.05) is 0 Å². The van der Waals surface area contributed by atoms with Gasteiger partial charge < -0.3 is 20.9 Å². The zero-order valence-electron chi connectivity index (χ0n) is 21.8. The molecule has 1 aromatic heterocycles. The summed E-state index contributed by atoms with van der Waals surface area (Å²) < 4.78 is 14.8. The first-order chi connectivity index (χ1) is 17.5. The molecule has 1 aromatic carbocycles. The zero-order valence-corrected chi connectivity index (χ0v) is 21.8. The number of nitrogens with one attached hydrogen (secondary N) is 3. The number of anilines is 2. The van der Waals surface area contributed by atoms with Crippen molar-refractivity contribution in [1.29, 1.82) is 0 Å². The van der Waals surface area contributed by atoms with Crippen LogP contribution in [0.15, 0.2) is 36.5 Å². The molecule has 3 N–H and O–H groups in total. The van der Waals surface area contributed by atoms with Gasteiger partial charge in [0, 0.05) is 32.3 Å². The van der Waals surface area contributed by atoms with E-state index in [1.54, 1.807) is 54.0 Å². The van der Waals surface area contributed by atoms with Crippen LogP contribution in [-0.4, -0.2) is 72.8 Å². The number of rotatable bonds is 8. The molecule has 3 unspecified atom stereocenters. The van der Waals surface area contributed by atoms with Gasteiger partial charge in [-0.3, -0.25) is 24.1 Å². The Morgan fingerprint density at radius 2 is 1.84 bits per heavy atom. The molecule has 3 atom stereocenters. The monoisotopic (exact) mass is 512 g/mol. The topological polar surface area (TPSA) is 124 Å². The molecule has 1 aliphatic rings. The first kappa shape index (κ1) is 27.7. The number of pyridine rings is 1. The summed E-state index contributed by atoms with van der Waals surface area (Å²) in [7, 11) is 4.75. The zero-order chi connectivity index (χ0) is 27.4. The van der Waals surface area contributed by atoms with Gasteiger partial charge in [-0.1, -0.05) is 19.9 Å². The fourth-order valence-corrected chi connectivity index (χ4v) is 4.02. The fourth-order valence-electron chi connectivity index (χ4n) is 4.02. The maximum Gasteiger partial charge on any atom is 0.253 e. The summed E-state index contributed by atoms with van der Waals surface area (Å²) in [5.41, 5.74) is 0.704. The molecule has 3 rings (SSSR count). The number of nitrogens with zero attached hydrogens (tertiary/aromatic N) is 3. The maximum atomic E-state index is 14.8. The predicted molar refractivity (Wildman–Crippen MR) is 138 cm³/mol. The van der Waals surface area contributed by atoms with Crippen molar-refractivity contribution in [3.8, 4) is 0 Å². The van der Waals surface area contributed by atoms with E-state index in [0.29, 0.717) is 11.4 Å². The summed E-state index contributed by atoms with van der Waals surface area (Å²) in [5.74, 6) is -2.57. The minimum Gasteiger partial charge on any atom is -0.345 e. The normalized spacial score (nSPS) is 16.1.